The first kappa shape index (κ1) is 40.5. The summed E-state index contributed by atoms with van der Waals surface area (Å²) >= 11 is 0. The predicted octanol–water partition coefficient (Wildman–Crippen LogP) is 2.78. The average Bonchev–Trinajstić information content (AvgIpc) is 3.00. The van der Waals surface area contributed by atoms with E-state index in [0.29, 0.717) is 25.1 Å². The summed E-state index contributed by atoms with van der Waals surface area (Å²) in [5.41, 5.74) is 6.38. The lowest BCUT2D eigenvalue weighted by atomic mass is 9.84. The SMILES string of the molecule is CO[C@H]1/C=C\C=C(/C)C(=O)NC2=CC(=O)C(NCCN(C)C)=C(C[C@@H](C)C[C@H](OC)[C@H](NCC(F)F)[C@@H](C)/C=C(\C)[C@@H]1OC(N)=O)C2=O. The Morgan fingerprint density at radius 2 is 1.83 bits per heavy atom. The second-order valence-corrected chi connectivity index (χ2v) is 12.5. The van der Waals surface area contributed by atoms with Gasteiger partial charge in [0.15, 0.2) is 6.10 Å². The summed E-state index contributed by atoms with van der Waals surface area (Å²) in [4.78, 5) is 54.1. The van der Waals surface area contributed by atoms with Crippen LogP contribution in [0.25, 0.3) is 0 Å². The molecule has 5 N–H and O–H groups in total. The van der Waals surface area contributed by atoms with Gasteiger partial charge in [-0.15, -0.1) is 0 Å². The van der Waals surface area contributed by atoms with Crippen molar-refractivity contribution in [2.45, 2.75) is 71.3 Å². The van der Waals surface area contributed by atoms with Gasteiger partial charge in [-0.3, -0.25) is 14.4 Å². The van der Waals surface area contributed by atoms with Gasteiger partial charge in [-0.1, -0.05) is 38.2 Å². The Labute approximate surface area is 281 Å². The molecule has 2 bridgehead atoms. The first-order chi connectivity index (χ1) is 22.6. The number of methoxy groups -OCH3 is 2. The van der Waals surface area contributed by atoms with Gasteiger partial charge in [-0.25, -0.2) is 13.6 Å². The summed E-state index contributed by atoms with van der Waals surface area (Å²) in [6, 6.07) is -0.634. The minimum Gasteiger partial charge on any atom is -0.439 e. The Bertz CT molecular complexity index is 1320. The van der Waals surface area contributed by atoms with Crippen LogP contribution < -0.4 is 21.7 Å². The zero-order valence-electron chi connectivity index (χ0n) is 29.1. The van der Waals surface area contributed by atoms with Gasteiger partial charge in [0.1, 0.15) is 6.10 Å². The fourth-order valence-electron chi connectivity index (χ4n) is 5.74. The van der Waals surface area contributed by atoms with E-state index in [1.165, 1.54) is 33.3 Å². The first-order valence-electron chi connectivity index (χ1n) is 15.9. The van der Waals surface area contributed by atoms with Crippen LogP contribution in [0.2, 0.25) is 0 Å². The van der Waals surface area contributed by atoms with E-state index < -0.39 is 66.8 Å². The minimum absolute atomic E-state index is 0.147. The molecule has 2 amide bonds. The summed E-state index contributed by atoms with van der Waals surface area (Å²) < 4.78 is 43.8. The van der Waals surface area contributed by atoms with Crippen molar-refractivity contribution in [2.75, 3.05) is 47.9 Å². The summed E-state index contributed by atoms with van der Waals surface area (Å²) in [5.74, 6) is -2.24. The summed E-state index contributed by atoms with van der Waals surface area (Å²) in [6.45, 7) is 7.35. The maximum absolute atomic E-state index is 13.8. The van der Waals surface area contributed by atoms with Crippen molar-refractivity contribution in [3.8, 4) is 0 Å². The number of hydrogen-bond acceptors (Lipinski definition) is 10. The molecule has 0 saturated heterocycles. The Morgan fingerprint density at radius 3 is 2.42 bits per heavy atom. The number of ether oxygens (including phenoxy) is 3. The van der Waals surface area contributed by atoms with Crippen LogP contribution in [0, 0.1) is 11.8 Å². The number of ketones is 2. The number of likely N-dealkylation sites (N-methyl/N-ethyl adjacent to an activating group) is 1. The second-order valence-electron chi connectivity index (χ2n) is 12.5. The monoisotopic (exact) mass is 679 g/mol. The van der Waals surface area contributed by atoms with Gasteiger partial charge < -0.3 is 40.8 Å². The van der Waals surface area contributed by atoms with Crippen LogP contribution >= 0.6 is 0 Å². The molecule has 6 atom stereocenters. The highest BCUT2D eigenvalue weighted by atomic mass is 19.3. The Balaban J connectivity index is 2.70. The van der Waals surface area contributed by atoms with Crippen molar-refractivity contribution >= 4 is 23.6 Å². The quantitative estimate of drug-likeness (QED) is 0.200. The van der Waals surface area contributed by atoms with Gasteiger partial charge in [0.2, 0.25) is 11.6 Å². The number of carbonyl (C=O) groups is 4. The molecule has 0 aromatic heterocycles. The van der Waals surface area contributed by atoms with Crippen LogP contribution in [0.1, 0.15) is 40.5 Å². The molecule has 0 saturated carbocycles. The van der Waals surface area contributed by atoms with Crippen LogP contribution in [0.5, 0.6) is 0 Å². The van der Waals surface area contributed by atoms with Crippen LogP contribution in [0.3, 0.4) is 0 Å². The van der Waals surface area contributed by atoms with Crippen molar-refractivity contribution in [2.24, 2.45) is 17.6 Å². The van der Waals surface area contributed by atoms with E-state index in [1.807, 2.05) is 32.8 Å². The lowest BCUT2D eigenvalue weighted by Gasteiger charge is -2.33. The zero-order chi connectivity index (χ0) is 36.1. The third-order valence-corrected chi connectivity index (χ3v) is 8.21. The molecule has 2 rings (SSSR count). The van der Waals surface area contributed by atoms with Gasteiger partial charge in [0.05, 0.1) is 24.0 Å². The van der Waals surface area contributed by atoms with Crippen LogP contribution in [0.4, 0.5) is 13.6 Å². The molecule has 14 heteroatoms. The Hall–Kier alpha value is -3.72. The molecule has 1 aliphatic carbocycles. The van der Waals surface area contributed by atoms with Gasteiger partial charge in [-0.2, -0.15) is 0 Å². The number of halogens is 2. The van der Waals surface area contributed by atoms with Crippen LogP contribution in [0.15, 0.2) is 58.5 Å². The van der Waals surface area contributed by atoms with E-state index in [1.54, 1.807) is 19.1 Å². The van der Waals surface area contributed by atoms with Gasteiger partial charge in [-0.05, 0) is 58.2 Å². The van der Waals surface area contributed by atoms with E-state index >= 15 is 0 Å². The standard InChI is InChI=1S/C34H51F2N5O7/c1-19-14-23-30(38-12-13-41(5)6)25(42)17-24(31(23)43)40-33(44)20(2)10-9-11-26(46-7)32(48-34(37)45)22(4)16-21(3)29(27(15-19)47-8)39-18-28(35)36/h9-11,16-17,19,21,26-29,32,38-39H,12-15,18H2,1-8H3,(H2,37,45)(H,40,44)/b11-9-,20-10+,22-16+/t19-,21+,26+,27+,29-,32+/m1/s1. The molecule has 48 heavy (non-hydrogen) atoms. The number of Topliss-reactive ketones (excluding diaryl/α,β-unsaturated/α-hetero) is 1. The Kier molecular flexibility index (Phi) is 16.3. The molecule has 0 spiro atoms. The van der Waals surface area contributed by atoms with Crippen molar-refractivity contribution in [1.29, 1.82) is 0 Å². The minimum atomic E-state index is -2.63. The van der Waals surface area contributed by atoms with Crippen LogP contribution in [-0.4, -0.2) is 107 Å². The smallest absolute Gasteiger partial charge is 0.405 e. The van der Waals surface area contributed by atoms with Gasteiger partial charge in [0.25, 0.3) is 12.3 Å². The summed E-state index contributed by atoms with van der Waals surface area (Å²) in [5, 5.41) is 8.61. The van der Waals surface area contributed by atoms with Crippen molar-refractivity contribution < 1.29 is 42.2 Å². The normalized spacial score (nSPS) is 29.5. The number of rotatable bonds is 10. The molecule has 0 aromatic carbocycles. The van der Waals surface area contributed by atoms with Crippen molar-refractivity contribution in [3.05, 3.63) is 58.5 Å². The fraction of sp³-hybridized carbons (Fsp3) is 0.588. The lowest BCUT2D eigenvalue weighted by Crippen LogP contribution is -2.47. The number of nitrogens with one attached hydrogen (secondary N) is 3. The lowest BCUT2D eigenvalue weighted by molar-refractivity contribution is -0.120. The molecule has 2 aliphatic rings. The highest BCUT2D eigenvalue weighted by Crippen LogP contribution is 2.29. The number of fused-ring (bicyclic) bond motifs is 2. The van der Waals surface area contributed by atoms with Crippen LogP contribution in [-0.2, 0) is 28.6 Å². The molecular formula is C34H51F2N5O7. The number of allylic oxidation sites excluding steroid dienone is 4. The largest absolute Gasteiger partial charge is 0.439 e. The van der Waals surface area contributed by atoms with Crippen molar-refractivity contribution in [1.82, 2.24) is 20.9 Å². The van der Waals surface area contributed by atoms with E-state index in [0.717, 1.165) is 6.08 Å². The maximum Gasteiger partial charge on any atom is 0.405 e. The molecule has 0 radical (unpaired) electrons. The van der Waals surface area contributed by atoms with E-state index in [9.17, 15) is 28.0 Å². The number of primary amides is 1. The first-order valence-corrected chi connectivity index (χ1v) is 15.9. The number of nitrogens with zero attached hydrogens (tertiary/aromatic N) is 1. The molecule has 1 heterocycles. The zero-order valence-corrected chi connectivity index (χ0v) is 29.1. The van der Waals surface area contributed by atoms with E-state index in [-0.39, 0.29) is 34.9 Å². The average molecular weight is 680 g/mol. The predicted molar refractivity (Wildman–Crippen MR) is 178 cm³/mol. The highest BCUT2D eigenvalue weighted by molar-refractivity contribution is 6.23. The topological polar surface area (TPSA) is 161 Å². The number of hydrogen-bond donors (Lipinski definition) is 4. The molecule has 1 aliphatic heterocycles. The molecule has 12 nitrogen and oxygen atoms in total. The number of amides is 2. The van der Waals surface area contributed by atoms with Gasteiger partial charge in [0, 0.05) is 50.6 Å². The summed E-state index contributed by atoms with van der Waals surface area (Å²) in [6.07, 6.45) is 1.83. The molecular weight excluding hydrogens is 628 g/mol. The van der Waals surface area contributed by atoms with E-state index in [2.05, 4.69) is 16.0 Å². The fourth-order valence-corrected chi connectivity index (χ4v) is 5.74. The maximum atomic E-state index is 13.8. The number of nitrogens with two attached hydrogens (primary N) is 1. The van der Waals surface area contributed by atoms with Crippen molar-refractivity contribution in [3.63, 3.8) is 0 Å². The Morgan fingerprint density at radius 1 is 1.15 bits per heavy atom. The molecule has 0 fully saturated rings. The molecule has 0 aromatic rings. The number of alkyl halides is 2. The highest BCUT2D eigenvalue weighted by Gasteiger charge is 2.34. The van der Waals surface area contributed by atoms with E-state index in [4.69, 9.17) is 19.9 Å². The third-order valence-electron chi connectivity index (χ3n) is 8.21. The second kappa shape index (κ2) is 19.3. The van der Waals surface area contributed by atoms with Gasteiger partial charge >= 0.3 is 6.09 Å². The third kappa shape index (κ3) is 12.1. The molecule has 268 valence electrons. The number of carbonyl (C=O) groups excluding carboxylic acids is 4. The summed E-state index contributed by atoms with van der Waals surface area (Å²) in [7, 11) is 6.65. The molecule has 0 unspecified atom stereocenters.